The topological polar surface area (TPSA) is 90.7 Å². The molecule has 0 bridgehead atoms. The summed E-state index contributed by atoms with van der Waals surface area (Å²) in [4.78, 5) is 24.8. The molecule has 6 heteroatoms. The monoisotopic (exact) mass is 354 g/mol. The van der Waals surface area contributed by atoms with Crippen molar-refractivity contribution in [1.29, 1.82) is 0 Å². The van der Waals surface area contributed by atoms with Gasteiger partial charge in [-0.3, -0.25) is 4.79 Å². The number of hydrogen-bond donors (Lipinski definition) is 2. The van der Waals surface area contributed by atoms with Gasteiger partial charge in [0.25, 0.3) is 5.91 Å². The van der Waals surface area contributed by atoms with Crippen LogP contribution < -0.4 is 15.8 Å². The SMILES string of the molecule is Cc1cccc(C(=O)OC(C)C(=O)NC2CCOc3ccccc32)c1N. The highest BCUT2D eigenvalue weighted by Gasteiger charge is 2.26. The third kappa shape index (κ3) is 3.64. The summed E-state index contributed by atoms with van der Waals surface area (Å²) in [5, 5.41) is 2.93. The van der Waals surface area contributed by atoms with E-state index in [0.717, 1.165) is 16.9 Å². The van der Waals surface area contributed by atoms with Crippen LogP contribution in [-0.2, 0) is 9.53 Å². The zero-order chi connectivity index (χ0) is 18.7. The molecule has 3 N–H and O–H groups in total. The smallest absolute Gasteiger partial charge is 0.341 e. The van der Waals surface area contributed by atoms with Crippen molar-refractivity contribution in [3.63, 3.8) is 0 Å². The molecule has 1 heterocycles. The van der Waals surface area contributed by atoms with Crippen LogP contribution in [0.25, 0.3) is 0 Å². The Balaban J connectivity index is 1.65. The van der Waals surface area contributed by atoms with Gasteiger partial charge in [0.15, 0.2) is 6.10 Å². The lowest BCUT2D eigenvalue weighted by molar-refractivity contribution is -0.130. The molecule has 2 aromatic rings. The van der Waals surface area contributed by atoms with Crippen molar-refractivity contribution >= 4 is 17.6 Å². The second kappa shape index (κ2) is 7.47. The van der Waals surface area contributed by atoms with E-state index < -0.39 is 12.1 Å². The number of carbonyl (C=O) groups is 2. The molecule has 2 atom stereocenters. The summed E-state index contributed by atoms with van der Waals surface area (Å²) in [5.74, 6) is -0.200. The van der Waals surface area contributed by atoms with E-state index in [1.807, 2.05) is 37.3 Å². The minimum absolute atomic E-state index is 0.169. The van der Waals surface area contributed by atoms with Crippen LogP contribution in [-0.4, -0.2) is 24.6 Å². The van der Waals surface area contributed by atoms with Gasteiger partial charge in [-0.05, 0) is 31.5 Å². The normalized spacial score (nSPS) is 16.8. The number of nitrogen functional groups attached to an aromatic ring is 1. The van der Waals surface area contributed by atoms with Gasteiger partial charge >= 0.3 is 5.97 Å². The molecule has 6 nitrogen and oxygen atoms in total. The third-order valence-electron chi connectivity index (χ3n) is 4.47. The molecule has 0 saturated heterocycles. The number of nitrogens with two attached hydrogens (primary N) is 1. The molecule has 0 aromatic heterocycles. The second-order valence-corrected chi connectivity index (χ2v) is 6.32. The number of rotatable bonds is 4. The summed E-state index contributed by atoms with van der Waals surface area (Å²) in [7, 11) is 0. The number of amides is 1. The summed E-state index contributed by atoms with van der Waals surface area (Å²) in [6.07, 6.45) is -0.272. The van der Waals surface area contributed by atoms with E-state index >= 15 is 0 Å². The number of anilines is 1. The standard InChI is InChI=1S/C20H22N2O4/c1-12-6-5-8-15(18(12)21)20(24)26-13(2)19(23)22-16-10-11-25-17-9-4-3-7-14(16)17/h3-9,13,16H,10-11,21H2,1-2H3,(H,22,23). The van der Waals surface area contributed by atoms with Crippen LogP contribution in [0.5, 0.6) is 5.75 Å². The number of esters is 1. The average Bonchev–Trinajstić information content (AvgIpc) is 2.64. The maximum Gasteiger partial charge on any atom is 0.341 e. The van der Waals surface area contributed by atoms with E-state index in [1.165, 1.54) is 0 Å². The predicted octanol–water partition coefficient (Wildman–Crippen LogP) is 2.76. The summed E-state index contributed by atoms with van der Waals surface area (Å²) in [6, 6.07) is 12.5. The molecular weight excluding hydrogens is 332 g/mol. The fourth-order valence-corrected chi connectivity index (χ4v) is 2.92. The Kier molecular flexibility index (Phi) is 5.11. The van der Waals surface area contributed by atoms with Crippen molar-refractivity contribution in [2.75, 3.05) is 12.3 Å². The van der Waals surface area contributed by atoms with Crippen molar-refractivity contribution in [1.82, 2.24) is 5.32 Å². The van der Waals surface area contributed by atoms with Crippen LogP contribution in [0.2, 0.25) is 0 Å². The summed E-state index contributed by atoms with van der Waals surface area (Å²) >= 11 is 0. The van der Waals surface area contributed by atoms with Crippen molar-refractivity contribution in [3.8, 4) is 5.75 Å². The Labute approximate surface area is 152 Å². The molecule has 1 aliphatic rings. The highest BCUT2D eigenvalue weighted by atomic mass is 16.5. The maximum absolute atomic E-state index is 12.5. The molecule has 0 saturated carbocycles. The minimum atomic E-state index is -0.933. The fraction of sp³-hybridized carbons (Fsp3) is 0.300. The van der Waals surface area contributed by atoms with Gasteiger partial charge in [0.05, 0.1) is 18.2 Å². The molecule has 1 amide bonds. The summed E-state index contributed by atoms with van der Waals surface area (Å²) < 4.78 is 10.9. The van der Waals surface area contributed by atoms with Crippen LogP contribution in [0, 0.1) is 6.92 Å². The number of carbonyl (C=O) groups excluding carboxylic acids is 2. The molecule has 26 heavy (non-hydrogen) atoms. The first-order valence-electron chi connectivity index (χ1n) is 8.55. The first-order chi connectivity index (χ1) is 12.5. The van der Waals surface area contributed by atoms with E-state index in [9.17, 15) is 9.59 Å². The first-order valence-corrected chi connectivity index (χ1v) is 8.55. The Bertz CT molecular complexity index is 834. The van der Waals surface area contributed by atoms with Gasteiger partial charge in [0, 0.05) is 17.7 Å². The van der Waals surface area contributed by atoms with Crippen molar-refractivity contribution < 1.29 is 19.1 Å². The number of nitrogens with one attached hydrogen (secondary N) is 1. The third-order valence-corrected chi connectivity index (χ3v) is 4.47. The van der Waals surface area contributed by atoms with Gasteiger partial charge in [-0.2, -0.15) is 0 Å². The van der Waals surface area contributed by atoms with Crippen molar-refractivity contribution in [2.24, 2.45) is 0 Å². The molecule has 0 fully saturated rings. The van der Waals surface area contributed by atoms with E-state index in [4.69, 9.17) is 15.2 Å². The number of ether oxygens (including phenoxy) is 2. The van der Waals surface area contributed by atoms with Gasteiger partial charge in [0.1, 0.15) is 5.75 Å². The van der Waals surface area contributed by atoms with Crippen molar-refractivity contribution in [3.05, 3.63) is 59.2 Å². The van der Waals surface area contributed by atoms with Gasteiger partial charge in [-0.1, -0.05) is 30.3 Å². The average molecular weight is 354 g/mol. The number of aryl methyl sites for hydroxylation is 1. The summed E-state index contributed by atoms with van der Waals surface area (Å²) in [6.45, 7) is 3.88. The molecule has 0 radical (unpaired) electrons. The first kappa shape index (κ1) is 17.8. The molecule has 3 rings (SSSR count). The highest BCUT2D eigenvalue weighted by molar-refractivity contribution is 5.97. The zero-order valence-electron chi connectivity index (χ0n) is 14.8. The zero-order valence-corrected chi connectivity index (χ0v) is 14.8. The quantitative estimate of drug-likeness (QED) is 0.651. The van der Waals surface area contributed by atoms with Crippen LogP contribution in [0.3, 0.4) is 0 Å². The molecule has 1 aliphatic heterocycles. The number of hydrogen-bond acceptors (Lipinski definition) is 5. The van der Waals surface area contributed by atoms with Gasteiger partial charge in [0.2, 0.25) is 0 Å². The van der Waals surface area contributed by atoms with E-state index in [2.05, 4.69) is 5.32 Å². The molecule has 2 aromatic carbocycles. The lowest BCUT2D eigenvalue weighted by atomic mass is 10.0. The molecule has 136 valence electrons. The molecule has 0 aliphatic carbocycles. The maximum atomic E-state index is 12.5. The lowest BCUT2D eigenvalue weighted by Gasteiger charge is -2.27. The Morgan fingerprint density at radius 1 is 1.23 bits per heavy atom. The highest BCUT2D eigenvalue weighted by Crippen LogP contribution is 2.31. The van der Waals surface area contributed by atoms with Gasteiger partial charge in [-0.15, -0.1) is 0 Å². The second-order valence-electron chi connectivity index (χ2n) is 6.32. The van der Waals surface area contributed by atoms with E-state index in [1.54, 1.807) is 19.1 Å². The largest absolute Gasteiger partial charge is 0.493 e. The number of para-hydroxylation sites is 2. The molecule has 0 spiro atoms. The molecule has 2 unspecified atom stereocenters. The van der Waals surface area contributed by atoms with Crippen LogP contribution in [0.15, 0.2) is 42.5 Å². The predicted molar refractivity (Wildman–Crippen MR) is 97.9 cm³/mol. The van der Waals surface area contributed by atoms with Gasteiger partial charge in [-0.25, -0.2) is 4.79 Å². The summed E-state index contributed by atoms with van der Waals surface area (Å²) in [5.41, 5.74) is 8.26. The van der Waals surface area contributed by atoms with Crippen molar-refractivity contribution in [2.45, 2.75) is 32.4 Å². The van der Waals surface area contributed by atoms with Crippen LogP contribution in [0.4, 0.5) is 5.69 Å². The minimum Gasteiger partial charge on any atom is -0.493 e. The number of benzene rings is 2. The van der Waals surface area contributed by atoms with Gasteiger partial charge < -0.3 is 20.5 Å². The number of fused-ring (bicyclic) bond motifs is 1. The Hall–Kier alpha value is -3.02. The van der Waals surface area contributed by atoms with E-state index in [0.29, 0.717) is 18.7 Å². The molecular formula is C20H22N2O4. The Morgan fingerprint density at radius 2 is 2.00 bits per heavy atom. The fourth-order valence-electron chi connectivity index (χ4n) is 2.92. The Morgan fingerprint density at radius 3 is 2.81 bits per heavy atom. The lowest BCUT2D eigenvalue weighted by Crippen LogP contribution is -2.39. The van der Waals surface area contributed by atoms with Crippen LogP contribution in [0.1, 0.15) is 40.9 Å². The van der Waals surface area contributed by atoms with E-state index in [-0.39, 0.29) is 17.5 Å². The van der Waals surface area contributed by atoms with Crippen LogP contribution >= 0.6 is 0 Å².